The Morgan fingerprint density at radius 2 is 1.80 bits per heavy atom. The molecule has 1 heterocycles. The van der Waals surface area contributed by atoms with Crippen molar-refractivity contribution in [2.45, 2.75) is 26.3 Å². The number of nitrogens with zero attached hydrogens (tertiary/aromatic N) is 2. The molecule has 2 amide bonds. The number of nitro benzene ring substituents is 1. The zero-order valence-corrected chi connectivity index (χ0v) is 17.0. The minimum atomic E-state index is -0.472. The fourth-order valence-electron chi connectivity index (χ4n) is 2.75. The zero-order chi connectivity index (χ0) is 21.5. The molecule has 0 saturated heterocycles. The van der Waals surface area contributed by atoms with Crippen LogP contribution in [0.4, 0.5) is 10.8 Å². The molecule has 2 N–H and O–H groups in total. The number of anilines is 1. The van der Waals surface area contributed by atoms with Crippen LogP contribution in [0.1, 0.15) is 33.4 Å². The maximum atomic E-state index is 12.8. The maximum absolute atomic E-state index is 12.8. The second kappa shape index (κ2) is 9.75. The number of nitro groups is 1. The number of rotatable bonds is 8. The summed E-state index contributed by atoms with van der Waals surface area (Å²) in [5.74, 6) is -0.564. The molecule has 9 heteroatoms. The molecule has 0 aliphatic carbocycles. The first kappa shape index (κ1) is 21.1. The van der Waals surface area contributed by atoms with Gasteiger partial charge < -0.3 is 10.6 Å². The predicted molar refractivity (Wildman–Crippen MR) is 113 cm³/mol. The van der Waals surface area contributed by atoms with Gasteiger partial charge in [0.05, 0.1) is 10.6 Å². The van der Waals surface area contributed by atoms with Crippen LogP contribution in [-0.2, 0) is 24.2 Å². The molecule has 8 nitrogen and oxygen atoms in total. The summed E-state index contributed by atoms with van der Waals surface area (Å²) < 4.78 is 0. The summed E-state index contributed by atoms with van der Waals surface area (Å²) in [6.45, 7) is 1.61. The van der Waals surface area contributed by atoms with Crippen LogP contribution >= 0.6 is 11.3 Å². The fourth-order valence-corrected chi connectivity index (χ4v) is 3.73. The molecule has 30 heavy (non-hydrogen) atoms. The quantitative estimate of drug-likeness (QED) is 0.425. The minimum Gasteiger partial charge on any atom is -0.347 e. The van der Waals surface area contributed by atoms with Crippen molar-refractivity contribution < 1.29 is 14.5 Å². The number of aryl methyl sites for hydroxylation is 2. The number of thiazole rings is 1. The molecule has 1 radical (unpaired) electrons. The van der Waals surface area contributed by atoms with E-state index in [4.69, 9.17) is 0 Å². The van der Waals surface area contributed by atoms with Gasteiger partial charge >= 0.3 is 0 Å². The largest absolute Gasteiger partial charge is 0.347 e. The smallest absolute Gasteiger partial charge is 0.269 e. The van der Waals surface area contributed by atoms with Crippen molar-refractivity contribution in [3.8, 4) is 0 Å². The van der Waals surface area contributed by atoms with Crippen molar-refractivity contribution >= 4 is 34.0 Å². The number of amides is 2. The van der Waals surface area contributed by atoms with E-state index in [1.54, 1.807) is 12.1 Å². The molecule has 0 aliphatic heterocycles. The molecule has 0 unspecified atom stereocenters. The average molecular weight is 423 g/mol. The summed E-state index contributed by atoms with van der Waals surface area (Å²) in [5.41, 5.74) is 2.44. The Bertz CT molecular complexity index is 1050. The number of carbonyl (C=O) groups excluding carboxylic acids is 2. The van der Waals surface area contributed by atoms with E-state index >= 15 is 0 Å². The van der Waals surface area contributed by atoms with E-state index in [1.807, 2.05) is 24.3 Å². The summed E-state index contributed by atoms with van der Waals surface area (Å²) in [6, 6.07) is 16.5. The molecule has 0 bridgehead atoms. The molecule has 3 aromatic rings. The van der Waals surface area contributed by atoms with E-state index in [2.05, 4.69) is 21.7 Å². The summed E-state index contributed by atoms with van der Waals surface area (Å²) in [5, 5.41) is 16.6. The number of benzene rings is 2. The predicted octanol–water partition coefficient (Wildman–Crippen LogP) is 3.53. The SMILES string of the molecule is CC(=O)Nc1nc(CCc2cc[c]cc2)c(C(=O)NCc2ccc([N+](=O)[O-])cc2)s1. The highest BCUT2D eigenvalue weighted by molar-refractivity contribution is 7.17. The first-order chi connectivity index (χ1) is 14.4. The highest BCUT2D eigenvalue weighted by Gasteiger charge is 2.19. The maximum Gasteiger partial charge on any atom is 0.269 e. The van der Waals surface area contributed by atoms with Crippen molar-refractivity contribution in [2.24, 2.45) is 0 Å². The van der Waals surface area contributed by atoms with Gasteiger partial charge in [0.25, 0.3) is 11.6 Å². The molecular formula is C21H19N4O4S. The van der Waals surface area contributed by atoms with Crippen LogP contribution < -0.4 is 10.6 Å². The van der Waals surface area contributed by atoms with Crippen molar-refractivity contribution in [3.63, 3.8) is 0 Å². The van der Waals surface area contributed by atoms with Gasteiger partial charge in [-0.25, -0.2) is 4.98 Å². The van der Waals surface area contributed by atoms with E-state index in [0.29, 0.717) is 28.5 Å². The van der Waals surface area contributed by atoms with E-state index in [1.165, 1.54) is 19.1 Å². The molecular weight excluding hydrogens is 404 g/mol. The van der Waals surface area contributed by atoms with Crippen molar-refractivity contribution in [2.75, 3.05) is 5.32 Å². The summed E-state index contributed by atoms with van der Waals surface area (Å²) in [7, 11) is 0. The van der Waals surface area contributed by atoms with Gasteiger partial charge in [0.2, 0.25) is 5.91 Å². The highest BCUT2D eigenvalue weighted by atomic mass is 32.1. The second-order valence-corrected chi connectivity index (χ2v) is 7.49. The molecule has 2 aromatic carbocycles. The Morgan fingerprint density at radius 1 is 1.10 bits per heavy atom. The number of nitrogens with one attached hydrogen (secondary N) is 2. The van der Waals surface area contributed by atoms with Crippen LogP contribution in [0.5, 0.6) is 0 Å². The zero-order valence-electron chi connectivity index (χ0n) is 16.2. The minimum absolute atomic E-state index is 0.00622. The molecule has 3 rings (SSSR count). The molecule has 1 aromatic heterocycles. The number of hydrogen-bond donors (Lipinski definition) is 2. The Balaban J connectivity index is 1.71. The van der Waals surface area contributed by atoms with Gasteiger partial charge in [0, 0.05) is 25.6 Å². The van der Waals surface area contributed by atoms with Crippen LogP contribution in [-0.4, -0.2) is 21.7 Å². The van der Waals surface area contributed by atoms with E-state index < -0.39 is 4.92 Å². The molecule has 0 aliphatic rings. The third kappa shape index (κ3) is 5.71. The average Bonchev–Trinajstić information content (AvgIpc) is 3.13. The third-order valence-electron chi connectivity index (χ3n) is 4.22. The highest BCUT2D eigenvalue weighted by Crippen LogP contribution is 2.25. The van der Waals surface area contributed by atoms with E-state index in [-0.39, 0.29) is 24.0 Å². The number of carbonyl (C=O) groups is 2. The van der Waals surface area contributed by atoms with Crippen molar-refractivity contribution in [1.82, 2.24) is 10.3 Å². The number of aromatic nitrogens is 1. The van der Waals surface area contributed by atoms with Crippen molar-refractivity contribution in [3.05, 3.63) is 86.4 Å². The van der Waals surface area contributed by atoms with Crippen LogP contribution in [0.25, 0.3) is 0 Å². The summed E-state index contributed by atoms with van der Waals surface area (Å²) in [6.07, 6.45) is 1.24. The molecule has 0 saturated carbocycles. The summed E-state index contributed by atoms with van der Waals surface area (Å²) in [4.78, 5) is 39.2. The topological polar surface area (TPSA) is 114 Å². The molecule has 0 spiro atoms. The van der Waals surface area contributed by atoms with Gasteiger partial charge in [-0.15, -0.1) is 0 Å². The monoisotopic (exact) mass is 423 g/mol. The Kier molecular flexibility index (Phi) is 6.87. The van der Waals surface area contributed by atoms with E-state index in [0.717, 1.165) is 22.5 Å². The number of non-ortho nitro benzene ring substituents is 1. The standard InChI is InChI=1S/C21H19N4O4S/c1-14(26)23-21-24-18(12-9-15-5-3-2-4-6-15)19(30-21)20(27)22-13-16-7-10-17(11-8-16)25(28)29/h3-8,10-11H,9,12-13H2,1H3,(H,22,27)(H,23,24,26). The summed E-state index contributed by atoms with van der Waals surface area (Å²) >= 11 is 1.12. The van der Waals surface area contributed by atoms with Gasteiger partial charge in [-0.1, -0.05) is 47.7 Å². The van der Waals surface area contributed by atoms with Gasteiger partial charge in [-0.2, -0.15) is 0 Å². The van der Waals surface area contributed by atoms with Crippen LogP contribution in [0.15, 0.2) is 48.5 Å². The lowest BCUT2D eigenvalue weighted by atomic mass is 10.1. The van der Waals surface area contributed by atoms with Gasteiger partial charge in [0.1, 0.15) is 4.88 Å². The van der Waals surface area contributed by atoms with Gasteiger partial charge in [-0.05, 0) is 30.0 Å². The lowest BCUT2D eigenvalue weighted by Crippen LogP contribution is -2.23. The van der Waals surface area contributed by atoms with Gasteiger partial charge in [0.15, 0.2) is 5.13 Å². The normalized spacial score (nSPS) is 10.4. The first-order valence-corrected chi connectivity index (χ1v) is 9.98. The van der Waals surface area contributed by atoms with Gasteiger partial charge in [-0.3, -0.25) is 19.7 Å². The Labute approximate surface area is 177 Å². The molecule has 0 fully saturated rings. The molecule has 0 atom stereocenters. The fraction of sp³-hybridized carbons (Fsp3) is 0.190. The number of hydrogen-bond acceptors (Lipinski definition) is 6. The lowest BCUT2D eigenvalue weighted by molar-refractivity contribution is -0.384. The molecule has 153 valence electrons. The van der Waals surface area contributed by atoms with Crippen LogP contribution in [0.2, 0.25) is 0 Å². The first-order valence-electron chi connectivity index (χ1n) is 9.16. The van der Waals surface area contributed by atoms with Crippen LogP contribution in [0, 0.1) is 16.2 Å². The van der Waals surface area contributed by atoms with Crippen molar-refractivity contribution in [1.29, 1.82) is 0 Å². The lowest BCUT2D eigenvalue weighted by Gasteiger charge is -2.06. The Morgan fingerprint density at radius 3 is 2.43 bits per heavy atom. The third-order valence-corrected chi connectivity index (χ3v) is 5.24. The van der Waals surface area contributed by atoms with Crippen LogP contribution in [0.3, 0.4) is 0 Å². The van der Waals surface area contributed by atoms with E-state index in [9.17, 15) is 19.7 Å². The second-order valence-electron chi connectivity index (χ2n) is 6.49. The Hall–Kier alpha value is -3.59.